The third-order valence-corrected chi connectivity index (χ3v) is 2.99. The number of benzene rings is 1. The van der Waals surface area contributed by atoms with E-state index in [1.807, 2.05) is 7.05 Å². The molecular weight excluding hydrogens is 224 g/mol. The van der Waals surface area contributed by atoms with E-state index < -0.39 is 0 Å². The molecule has 96 valence electrons. The molecule has 0 saturated carbocycles. The van der Waals surface area contributed by atoms with Gasteiger partial charge in [0.1, 0.15) is 6.33 Å². The number of hydrogen-bond acceptors (Lipinski definition) is 3. The maximum Gasteiger partial charge on any atom is 0.167 e. The minimum Gasteiger partial charge on any atom is -0.307 e. The van der Waals surface area contributed by atoms with Gasteiger partial charge in [0.05, 0.1) is 6.04 Å². The summed E-state index contributed by atoms with van der Waals surface area (Å²) in [6.45, 7) is 5.13. The first kappa shape index (κ1) is 12.8. The SMILES string of the molecule is Cc1ccc(CCNC(C)c2ncn(C)n2)cc1. The molecule has 1 heterocycles. The minimum atomic E-state index is 0.191. The second-order valence-electron chi connectivity index (χ2n) is 4.69. The molecule has 18 heavy (non-hydrogen) atoms. The fourth-order valence-electron chi connectivity index (χ4n) is 1.83. The average molecular weight is 244 g/mol. The van der Waals surface area contributed by atoms with Crippen LogP contribution in [0.4, 0.5) is 0 Å². The van der Waals surface area contributed by atoms with E-state index in [9.17, 15) is 0 Å². The quantitative estimate of drug-likeness (QED) is 0.875. The number of nitrogens with zero attached hydrogens (tertiary/aromatic N) is 3. The van der Waals surface area contributed by atoms with Crippen molar-refractivity contribution in [2.24, 2.45) is 7.05 Å². The van der Waals surface area contributed by atoms with Gasteiger partial charge in [-0.15, -0.1) is 0 Å². The van der Waals surface area contributed by atoms with E-state index in [2.05, 4.69) is 53.5 Å². The van der Waals surface area contributed by atoms with Gasteiger partial charge < -0.3 is 5.32 Å². The molecule has 0 bridgehead atoms. The molecule has 4 nitrogen and oxygen atoms in total. The highest BCUT2D eigenvalue weighted by Gasteiger charge is 2.08. The van der Waals surface area contributed by atoms with E-state index in [-0.39, 0.29) is 6.04 Å². The smallest absolute Gasteiger partial charge is 0.167 e. The normalized spacial score (nSPS) is 12.6. The van der Waals surface area contributed by atoms with Crippen molar-refractivity contribution in [1.82, 2.24) is 20.1 Å². The standard InChI is InChI=1S/C14H20N4/c1-11-4-6-13(7-5-11)8-9-15-12(2)14-16-10-18(3)17-14/h4-7,10,12,15H,8-9H2,1-3H3. The van der Waals surface area contributed by atoms with Crippen molar-refractivity contribution < 1.29 is 0 Å². The summed E-state index contributed by atoms with van der Waals surface area (Å²) < 4.78 is 1.73. The topological polar surface area (TPSA) is 42.7 Å². The maximum absolute atomic E-state index is 4.29. The molecule has 1 atom stereocenters. The molecule has 0 aliphatic heterocycles. The van der Waals surface area contributed by atoms with Crippen LogP contribution in [-0.4, -0.2) is 21.3 Å². The number of nitrogens with one attached hydrogen (secondary N) is 1. The van der Waals surface area contributed by atoms with Crippen LogP contribution in [0.3, 0.4) is 0 Å². The van der Waals surface area contributed by atoms with E-state index in [1.54, 1.807) is 11.0 Å². The molecule has 0 saturated heterocycles. The largest absolute Gasteiger partial charge is 0.307 e. The van der Waals surface area contributed by atoms with E-state index in [0.717, 1.165) is 18.8 Å². The molecule has 0 aliphatic carbocycles. The van der Waals surface area contributed by atoms with Gasteiger partial charge in [-0.05, 0) is 32.4 Å². The van der Waals surface area contributed by atoms with E-state index in [1.165, 1.54) is 11.1 Å². The van der Waals surface area contributed by atoms with Gasteiger partial charge in [0.15, 0.2) is 5.82 Å². The summed E-state index contributed by atoms with van der Waals surface area (Å²) in [6, 6.07) is 8.86. The molecule has 2 rings (SSSR count). The number of rotatable bonds is 5. The molecule has 1 aromatic carbocycles. The average Bonchev–Trinajstić information content (AvgIpc) is 2.78. The molecule has 2 aromatic rings. The Bertz CT molecular complexity index is 487. The molecule has 1 N–H and O–H groups in total. The molecule has 0 spiro atoms. The Hall–Kier alpha value is -1.68. The number of aryl methyl sites for hydroxylation is 2. The summed E-state index contributed by atoms with van der Waals surface area (Å²) in [5.41, 5.74) is 2.66. The van der Waals surface area contributed by atoms with Gasteiger partial charge >= 0.3 is 0 Å². The van der Waals surface area contributed by atoms with Gasteiger partial charge in [-0.1, -0.05) is 29.8 Å². The van der Waals surface area contributed by atoms with Crippen molar-refractivity contribution in [2.75, 3.05) is 6.54 Å². The van der Waals surface area contributed by atoms with Crippen molar-refractivity contribution >= 4 is 0 Å². The Morgan fingerprint density at radius 3 is 2.61 bits per heavy atom. The second-order valence-corrected chi connectivity index (χ2v) is 4.69. The van der Waals surface area contributed by atoms with Crippen LogP contribution in [0.15, 0.2) is 30.6 Å². The first-order chi connectivity index (χ1) is 8.65. The molecule has 4 heteroatoms. The Balaban J connectivity index is 1.80. The summed E-state index contributed by atoms with van der Waals surface area (Å²) in [7, 11) is 1.88. The lowest BCUT2D eigenvalue weighted by molar-refractivity contribution is 0.544. The molecule has 0 fully saturated rings. The summed E-state index contributed by atoms with van der Waals surface area (Å²) in [6.07, 6.45) is 2.75. The Morgan fingerprint density at radius 2 is 2.00 bits per heavy atom. The molecule has 0 radical (unpaired) electrons. The summed E-state index contributed by atoms with van der Waals surface area (Å²) in [5.74, 6) is 0.849. The first-order valence-electron chi connectivity index (χ1n) is 6.29. The van der Waals surface area contributed by atoms with Crippen LogP contribution in [0.25, 0.3) is 0 Å². The van der Waals surface area contributed by atoms with Gasteiger partial charge in [0.25, 0.3) is 0 Å². The van der Waals surface area contributed by atoms with Crippen molar-refractivity contribution in [3.05, 3.63) is 47.5 Å². The molecular formula is C14H20N4. The predicted molar refractivity (Wildman–Crippen MR) is 72.3 cm³/mol. The highest BCUT2D eigenvalue weighted by atomic mass is 15.3. The lowest BCUT2D eigenvalue weighted by Gasteiger charge is -2.10. The summed E-state index contributed by atoms with van der Waals surface area (Å²) >= 11 is 0. The highest BCUT2D eigenvalue weighted by molar-refractivity contribution is 5.21. The Labute approximate surface area is 108 Å². The lowest BCUT2D eigenvalue weighted by Crippen LogP contribution is -2.22. The second kappa shape index (κ2) is 5.78. The molecule has 0 amide bonds. The van der Waals surface area contributed by atoms with Crippen molar-refractivity contribution in [3.63, 3.8) is 0 Å². The zero-order valence-corrected chi connectivity index (χ0v) is 11.2. The van der Waals surface area contributed by atoms with E-state index >= 15 is 0 Å². The van der Waals surface area contributed by atoms with Gasteiger partial charge in [-0.2, -0.15) is 5.10 Å². The third kappa shape index (κ3) is 3.40. The van der Waals surface area contributed by atoms with Gasteiger partial charge in [0, 0.05) is 7.05 Å². The third-order valence-electron chi connectivity index (χ3n) is 2.99. The maximum atomic E-state index is 4.29. The number of aromatic nitrogens is 3. The van der Waals surface area contributed by atoms with Crippen LogP contribution < -0.4 is 5.32 Å². The summed E-state index contributed by atoms with van der Waals surface area (Å²) in [5, 5.41) is 7.73. The molecule has 0 aliphatic rings. The molecule has 1 aromatic heterocycles. The van der Waals surface area contributed by atoms with Crippen molar-refractivity contribution in [3.8, 4) is 0 Å². The molecule has 1 unspecified atom stereocenters. The van der Waals surface area contributed by atoms with Gasteiger partial charge in [0.2, 0.25) is 0 Å². The zero-order chi connectivity index (χ0) is 13.0. The summed E-state index contributed by atoms with van der Waals surface area (Å²) in [4.78, 5) is 4.24. The van der Waals surface area contributed by atoms with Crippen molar-refractivity contribution in [1.29, 1.82) is 0 Å². The Kier molecular flexibility index (Phi) is 4.10. The van der Waals surface area contributed by atoms with Crippen LogP contribution in [-0.2, 0) is 13.5 Å². The predicted octanol–water partition coefficient (Wildman–Crippen LogP) is 2.02. The van der Waals surface area contributed by atoms with Crippen LogP contribution in [0.5, 0.6) is 0 Å². The van der Waals surface area contributed by atoms with E-state index in [4.69, 9.17) is 0 Å². The van der Waals surface area contributed by atoms with Gasteiger partial charge in [-0.3, -0.25) is 4.68 Å². The van der Waals surface area contributed by atoms with Crippen LogP contribution in [0.2, 0.25) is 0 Å². The first-order valence-corrected chi connectivity index (χ1v) is 6.29. The zero-order valence-electron chi connectivity index (χ0n) is 11.2. The minimum absolute atomic E-state index is 0.191. The number of hydrogen-bond donors (Lipinski definition) is 1. The van der Waals surface area contributed by atoms with Crippen LogP contribution in [0.1, 0.15) is 29.9 Å². The van der Waals surface area contributed by atoms with Crippen LogP contribution >= 0.6 is 0 Å². The monoisotopic (exact) mass is 244 g/mol. The fraction of sp³-hybridized carbons (Fsp3) is 0.429. The fourth-order valence-corrected chi connectivity index (χ4v) is 1.83. The highest BCUT2D eigenvalue weighted by Crippen LogP contribution is 2.06. The van der Waals surface area contributed by atoms with Crippen LogP contribution in [0, 0.1) is 6.92 Å². The van der Waals surface area contributed by atoms with Gasteiger partial charge in [-0.25, -0.2) is 4.98 Å². The lowest BCUT2D eigenvalue weighted by atomic mass is 10.1. The Morgan fingerprint density at radius 1 is 1.28 bits per heavy atom. The van der Waals surface area contributed by atoms with E-state index in [0.29, 0.717) is 0 Å². The van der Waals surface area contributed by atoms with Crippen molar-refractivity contribution in [2.45, 2.75) is 26.3 Å².